The lowest BCUT2D eigenvalue weighted by Gasteiger charge is -2.33. The first kappa shape index (κ1) is 10.4. The van der Waals surface area contributed by atoms with Gasteiger partial charge in [0, 0.05) is 0 Å². The summed E-state index contributed by atoms with van der Waals surface area (Å²) in [6.45, 7) is 0. The Labute approximate surface area is 70.2 Å². The summed E-state index contributed by atoms with van der Waals surface area (Å²) in [7, 11) is 0. The summed E-state index contributed by atoms with van der Waals surface area (Å²) in [6, 6.07) is 0. The molecular formula is C7H6F6. The predicted molar refractivity (Wildman–Crippen MR) is 32.9 cm³/mol. The van der Waals surface area contributed by atoms with Gasteiger partial charge in [0.25, 0.3) is 0 Å². The molecule has 1 aliphatic rings. The average molecular weight is 204 g/mol. The number of hydrogen-bond donors (Lipinski definition) is 0. The van der Waals surface area contributed by atoms with Crippen LogP contribution in [0.5, 0.6) is 0 Å². The third kappa shape index (κ3) is 1.42. The number of rotatable bonds is 0. The van der Waals surface area contributed by atoms with Crippen molar-refractivity contribution in [1.29, 1.82) is 0 Å². The van der Waals surface area contributed by atoms with Gasteiger partial charge in [-0.05, 0) is 12.8 Å². The van der Waals surface area contributed by atoms with Crippen molar-refractivity contribution in [1.82, 2.24) is 0 Å². The topological polar surface area (TPSA) is 0 Å². The number of alkyl halides is 6. The predicted octanol–water partition coefficient (Wildman–Crippen LogP) is 3.45. The van der Waals surface area contributed by atoms with Crippen molar-refractivity contribution in [3.8, 4) is 0 Å². The van der Waals surface area contributed by atoms with E-state index in [-0.39, 0.29) is 0 Å². The third-order valence-corrected chi connectivity index (χ3v) is 2.18. The zero-order valence-electron chi connectivity index (χ0n) is 6.34. The van der Waals surface area contributed by atoms with Gasteiger partial charge in [-0.1, -0.05) is 12.2 Å². The molecule has 0 saturated carbocycles. The van der Waals surface area contributed by atoms with Crippen LogP contribution in [-0.4, -0.2) is 12.4 Å². The summed E-state index contributed by atoms with van der Waals surface area (Å²) in [5.74, 6) is 0. The number of allylic oxidation sites excluding steroid dienone is 2. The zero-order chi connectivity index (χ0) is 10.3. The largest absolute Gasteiger partial charge is 0.403 e. The van der Waals surface area contributed by atoms with Gasteiger partial charge < -0.3 is 0 Å². The molecule has 0 fully saturated rings. The van der Waals surface area contributed by atoms with Crippen LogP contribution in [0.2, 0.25) is 0 Å². The molecule has 0 spiro atoms. The molecule has 0 nitrogen and oxygen atoms in total. The lowest BCUT2D eigenvalue weighted by Crippen LogP contribution is -2.48. The van der Waals surface area contributed by atoms with Gasteiger partial charge in [-0.3, -0.25) is 0 Å². The van der Waals surface area contributed by atoms with E-state index in [0.29, 0.717) is 0 Å². The summed E-state index contributed by atoms with van der Waals surface area (Å²) in [5, 5.41) is 0. The Morgan fingerprint density at radius 3 is 1.23 bits per heavy atom. The van der Waals surface area contributed by atoms with E-state index in [9.17, 15) is 26.3 Å². The number of hydrogen-bond acceptors (Lipinski definition) is 0. The summed E-state index contributed by atoms with van der Waals surface area (Å²) < 4.78 is 72.9. The van der Waals surface area contributed by atoms with Gasteiger partial charge in [0.15, 0.2) is 5.41 Å². The number of halogens is 6. The summed E-state index contributed by atoms with van der Waals surface area (Å²) in [4.78, 5) is 0. The van der Waals surface area contributed by atoms with Crippen molar-refractivity contribution in [3.05, 3.63) is 12.2 Å². The molecule has 76 valence electrons. The van der Waals surface area contributed by atoms with E-state index in [2.05, 4.69) is 0 Å². The first-order valence-corrected chi connectivity index (χ1v) is 3.49. The molecule has 1 rings (SSSR count). The molecule has 0 aromatic rings. The molecule has 0 aliphatic heterocycles. The first-order valence-electron chi connectivity index (χ1n) is 3.49. The van der Waals surface area contributed by atoms with E-state index in [1.54, 1.807) is 0 Å². The van der Waals surface area contributed by atoms with Crippen molar-refractivity contribution < 1.29 is 26.3 Å². The highest BCUT2D eigenvalue weighted by Gasteiger charge is 2.69. The minimum absolute atomic E-state index is 0.918. The molecule has 0 aromatic carbocycles. The molecule has 0 aromatic heterocycles. The van der Waals surface area contributed by atoms with Crippen LogP contribution < -0.4 is 0 Å². The van der Waals surface area contributed by atoms with Crippen LogP contribution >= 0.6 is 0 Å². The van der Waals surface area contributed by atoms with Gasteiger partial charge in [-0.15, -0.1) is 0 Å². The Hall–Kier alpha value is -0.680. The second-order valence-electron chi connectivity index (χ2n) is 2.96. The SMILES string of the molecule is FC(F)(F)C1(C(F)(F)F)CC=CC1. The lowest BCUT2D eigenvalue weighted by atomic mass is 9.84. The molecule has 1 aliphatic carbocycles. The second-order valence-corrected chi connectivity index (χ2v) is 2.96. The Kier molecular flexibility index (Phi) is 2.12. The molecule has 0 bridgehead atoms. The molecule has 0 heterocycles. The highest BCUT2D eigenvalue weighted by Crippen LogP contribution is 2.57. The van der Waals surface area contributed by atoms with Gasteiger partial charge in [-0.2, -0.15) is 26.3 Å². The maximum absolute atomic E-state index is 12.2. The van der Waals surface area contributed by atoms with Crippen molar-refractivity contribution >= 4 is 0 Å². The van der Waals surface area contributed by atoms with Crippen LogP contribution in [0, 0.1) is 5.41 Å². The lowest BCUT2D eigenvalue weighted by molar-refractivity contribution is -0.336. The van der Waals surface area contributed by atoms with E-state index < -0.39 is 30.6 Å². The zero-order valence-corrected chi connectivity index (χ0v) is 6.34. The summed E-state index contributed by atoms with van der Waals surface area (Å²) in [5.41, 5.74) is -3.54. The third-order valence-electron chi connectivity index (χ3n) is 2.18. The summed E-state index contributed by atoms with van der Waals surface area (Å²) >= 11 is 0. The monoisotopic (exact) mass is 204 g/mol. The van der Waals surface area contributed by atoms with Crippen LogP contribution in [0.4, 0.5) is 26.3 Å². The highest BCUT2D eigenvalue weighted by molar-refractivity contribution is 5.09. The Bertz CT molecular complexity index is 196. The molecule has 0 amide bonds. The van der Waals surface area contributed by atoms with E-state index in [1.165, 1.54) is 0 Å². The molecule has 6 heteroatoms. The van der Waals surface area contributed by atoms with Gasteiger partial charge in [0.05, 0.1) is 0 Å². The van der Waals surface area contributed by atoms with Crippen LogP contribution in [0.3, 0.4) is 0 Å². The average Bonchev–Trinajstić information content (AvgIpc) is 2.28. The van der Waals surface area contributed by atoms with E-state index >= 15 is 0 Å². The van der Waals surface area contributed by atoms with Gasteiger partial charge in [0.2, 0.25) is 0 Å². The molecule has 0 unspecified atom stereocenters. The fraction of sp³-hybridized carbons (Fsp3) is 0.714. The van der Waals surface area contributed by atoms with Crippen LogP contribution in [0.15, 0.2) is 12.2 Å². The molecule has 13 heavy (non-hydrogen) atoms. The van der Waals surface area contributed by atoms with Crippen molar-refractivity contribution in [3.63, 3.8) is 0 Å². The molecule has 0 radical (unpaired) electrons. The molecule has 0 N–H and O–H groups in total. The van der Waals surface area contributed by atoms with E-state index in [4.69, 9.17) is 0 Å². The normalized spacial score (nSPS) is 22.3. The van der Waals surface area contributed by atoms with Gasteiger partial charge >= 0.3 is 12.4 Å². The Morgan fingerprint density at radius 2 is 1.08 bits per heavy atom. The van der Waals surface area contributed by atoms with E-state index in [1.807, 2.05) is 0 Å². The van der Waals surface area contributed by atoms with Gasteiger partial charge in [-0.25, -0.2) is 0 Å². The van der Waals surface area contributed by atoms with E-state index in [0.717, 1.165) is 12.2 Å². The summed E-state index contributed by atoms with van der Waals surface area (Å²) in [6.07, 6.45) is -10.6. The molecule has 0 saturated heterocycles. The Balaban J connectivity index is 3.04. The minimum atomic E-state index is -5.23. The quantitative estimate of drug-likeness (QED) is 0.418. The molecular weight excluding hydrogens is 198 g/mol. The van der Waals surface area contributed by atoms with Crippen LogP contribution in [0.25, 0.3) is 0 Å². The Morgan fingerprint density at radius 1 is 0.769 bits per heavy atom. The minimum Gasteiger partial charge on any atom is -0.170 e. The van der Waals surface area contributed by atoms with Crippen molar-refractivity contribution in [2.24, 2.45) is 5.41 Å². The maximum atomic E-state index is 12.2. The smallest absolute Gasteiger partial charge is 0.170 e. The highest BCUT2D eigenvalue weighted by atomic mass is 19.4. The fourth-order valence-electron chi connectivity index (χ4n) is 1.28. The molecule has 0 atom stereocenters. The van der Waals surface area contributed by atoms with Gasteiger partial charge in [0.1, 0.15) is 0 Å². The van der Waals surface area contributed by atoms with Crippen LogP contribution in [0.1, 0.15) is 12.8 Å². The second kappa shape index (κ2) is 2.65. The maximum Gasteiger partial charge on any atom is 0.403 e. The fourth-order valence-corrected chi connectivity index (χ4v) is 1.28. The standard InChI is InChI=1S/C7H6F6/c8-6(9,10)5(7(11,12)13)3-1-2-4-5/h1-2H,3-4H2. The first-order chi connectivity index (χ1) is 5.71. The van der Waals surface area contributed by atoms with Crippen LogP contribution in [-0.2, 0) is 0 Å². The van der Waals surface area contributed by atoms with Crippen molar-refractivity contribution in [2.75, 3.05) is 0 Å². The van der Waals surface area contributed by atoms with Crippen molar-refractivity contribution in [2.45, 2.75) is 25.2 Å².